The van der Waals surface area contributed by atoms with Crippen molar-refractivity contribution < 1.29 is 9.22 Å². The molecule has 12 heavy (non-hydrogen) atoms. The van der Waals surface area contributed by atoms with Crippen molar-refractivity contribution in [3.8, 4) is 0 Å². The Bertz CT molecular complexity index is 142. The predicted octanol–water partition coefficient (Wildman–Crippen LogP) is 2.00. The summed E-state index contributed by atoms with van der Waals surface area (Å²) in [5, 5.41) is 0. The van der Waals surface area contributed by atoms with Gasteiger partial charge in [-0.25, -0.2) is 0 Å². The summed E-state index contributed by atoms with van der Waals surface area (Å²) in [7, 11) is 1.81. The molecule has 0 aromatic carbocycles. The molecule has 0 atom stereocenters. The van der Waals surface area contributed by atoms with E-state index in [0.717, 1.165) is 11.2 Å². The van der Waals surface area contributed by atoms with E-state index in [-0.39, 0.29) is 0 Å². The Kier molecular flexibility index (Phi) is 2.79. The summed E-state index contributed by atoms with van der Waals surface area (Å²) in [6.07, 6.45) is 2.72. The van der Waals surface area contributed by atoms with Gasteiger partial charge in [-0.15, -0.1) is 0 Å². The maximum Gasteiger partial charge on any atom is 0.183 e. The minimum atomic E-state index is 0.340. The number of likely N-dealkylation sites (tertiary alicyclic amines) is 1. The third-order valence-corrected chi connectivity index (χ3v) is 3.22. The van der Waals surface area contributed by atoms with Crippen molar-refractivity contribution in [2.45, 2.75) is 39.2 Å². The van der Waals surface area contributed by atoms with Crippen LogP contribution >= 0.6 is 0 Å². The minimum absolute atomic E-state index is 0.340. The van der Waals surface area contributed by atoms with Crippen LogP contribution in [0.4, 0.5) is 0 Å². The summed E-state index contributed by atoms with van der Waals surface area (Å²) in [6.45, 7) is 10.4. The lowest BCUT2D eigenvalue weighted by molar-refractivity contribution is -0.976. The molecular weight excluding hydrogens is 150 g/mol. The Morgan fingerprint density at radius 2 is 1.67 bits per heavy atom. The maximum absolute atomic E-state index is 5.33. The molecule has 0 N–H and O–H groups in total. The summed E-state index contributed by atoms with van der Waals surface area (Å²) < 4.78 is 6.47. The first-order valence-electron chi connectivity index (χ1n) is 4.87. The minimum Gasteiger partial charge on any atom is -0.335 e. The molecule has 0 spiro atoms. The van der Waals surface area contributed by atoms with Gasteiger partial charge in [-0.3, -0.25) is 4.48 Å². The lowest BCUT2D eigenvalue weighted by Gasteiger charge is -2.44. The highest BCUT2D eigenvalue weighted by Gasteiger charge is 2.42. The Balaban J connectivity index is 2.72. The molecule has 1 aliphatic heterocycles. The Labute approximate surface area is 76.1 Å². The van der Waals surface area contributed by atoms with Crippen molar-refractivity contribution in [2.75, 3.05) is 26.9 Å². The van der Waals surface area contributed by atoms with Crippen molar-refractivity contribution in [3.63, 3.8) is 0 Å². The molecule has 0 aromatic rings. The molecular formula is C10H22NO+. The summed E-state index contributed by atoms with van der Waals surface area (Å²) in [5.41, 5.74) is 0.340. The molecule has 0 bridgehead atoms. The predicted molar refractivity (Wildman–Crippen MR) is 50.9 cm³/mol. The van der Waals surface area contributed by atoms with E-state index in [4.69, 9.17) is 4.74 Å². The molecule has 0 aliphatic carbocycles. The molecule has 1 saturated heterocycles. The van der Waals surface area contributed by atoms with E-state index in [1.807, 2.05) is 7.11 Å². The molecule has 0 amide bonds. The SMILES string of the molecule is COC[N+]1(C(C)(C)C)CCCC1. The van der Waals surface area contributed by atoms with Gasteiger partial charge in [-0.05, 0) is 20.8 Å². The van der Waals surface area contributed by atoms with E-state index in [9.17, 15) is 0 Å². The van der Waals surface area contributed by atoms with Gasteiger partial charge in [0.15, 0.2) is 6.73 Å². The maximum atomic E-state index is 5.33. The van der Waals surface area contributed by atoms with Crippen LogP contribution in [-0.4, -0.2) is 37.0 Å². The topological polar surface area (TPSA) is 9.23 Å². The van der Waals surface area contributed by atoms with E-state index >= 15 is 0 Å². The van der Waals surface area contributed by atoms with Crippen molar-refractivity contribution in [1.29, 1.82) is 0 Å². The molecule has 0 radical (unpaired) electrons. The molecule has 0 saturated carbocycles. The summed E-state index contributed by atoms with van der Waals surface area (Å²) in [4.78, 5) is 0. The van der Waals surface area contributed by atoms with E-state index in [2.05, 4.69) is 20.8 Å². The van der Waals surface area contributed by atoms with Crippen LogP contribution in [0.15, 0.2) is 0 Å². The molecule has 2 heteroatoms. The molecule has 0 aromatic heterocycles. The van der Waals surface area contributed by atoms with Gasteiger partial charge in [0.25, 0.3) is 0 Å². The van der Waals surface area contributed by atoms with Crippen molar-refractivity contribution in [3.05, 3.63) is 0 Å². The first-order chi connectivity index (χ1) is 5.52. The van der Waals surface area contributed by atoms with Crippen LogP contribution in [0.25, 0.3) is 0 Å². The summed E-state index contributed by atoms with van der Waals surface area (Å²) >= 11 is 0. The number of rotatable bonds is 2. The zero-order valence-corrected chi connectivity index (χ0v) is 8.89. The van der Waals surface area contributed by atoms with Gasteiger partial charge in [-0.1, -0.05) is 0 Å². The smallest absolute Gasteiger partial charge is 0.183 e. The van der Waals surface area contributed by atoms with Gasteiger partial charge in [0.1, 0.15) is 0 Å². The van der Waals surface area contributed by atoms with E-state index in [0.29, 0.717) is 5.54 Å². The zero-order chi connectivity index (χ0) is 9.24. The number of hydrogen-bond donors (Lipinski definition) is 0. The van der Waals surface area contributed by atoms with Crippen LogP contribution in [0.3, 0.4) is 0 Å². The van der Waals surface area contributed by atoms with E-state index in [1.54, 1.807) is 0 Å². The monoisotopic (exact) mass is 172 g/mol. The van der Waals surface area contributed by atoms with Crippen molar-refractivity contribution in [1.82, 2.24) is 0 Å². The average Bonchev–Trinajstić information content (AvgIpc) is 2.36. The lowest BCUT2D eigenvalue weighted by atomic mass is 10.0. The molecule has 1 heterocycles. The highest BCUT2D eigenvalue weighted by atomic mass is 16.5. The second-order valence-corrected chi connectivity index (χ2v) is 4.89. The number of quaternary nitrogens is 1. The summed E-state index contributed by atoms with van der Waals surface area (Å²) in [5.74, 6) is 0. The van der Waals surface area contributed by atoms with Gasteiger partial charge in [0.05, 0.1) is 18.6 Å². The van der Waals surface area contributed by atoms with Gasteiger partial charge >= 0.3 is 0 Å². The molecule has 1 aliphatic rings. The van der Waals surface area contributed by atoms with Gasteiger partial charge < -0.3 is 4.74 Å². The fourth-order valence-electron chi connectivity index (χ4n) is 2.18. The fourth-order valence-corrected chi connectivity index (χ4v) is 2.18. The standard InChI is InChI=1S/C10H22NO/c1-10(2,3)11(9-12-4)7-5-6-8-11/h5-9H2,1-4H3/q+1. The third-order valence-electron chi connectivity index (χ3n) is 3.22. The van der Waals surface area contributed by atoms with Gasteiger partial charge in [-0.2, -0.15) is 0 Å². The fraction of sp³-hybridized carbons (Fsp3) is 1.00. The van der Waals surface area contributed by atoms with Crippen LogP contribution in [0.2, 0.25) is 0 Å². The Morgan fingerprint density at radius 1 is 1.17 bits per heavy atom. The molecule has 72 valence electrons. The quantitative estimate of drug-likeness (QED) is 0.579. The Hall–Kier alpha value is -0.0800. The zero-order valence-electron chi connectivity index (χ0n) is 8.89. The molecule has 0 unspecified atom stereocenters. The van der Waals surface area contributed by atoms with Crippen LogP contribution in [0.1, 0.15) is 33.6 Å². The van der Waals surface area contributed by atoms with Crippen LogP contribution in [0.5, 0.6) is 0 Å². The highest BCUT2D eigenvalue weighted by Crippen LogP contribution is 2.30. The largest absolute Gasteiger partial charge is 0.335 e. The van der Waals surface area contributed by atoms with Crippen molar-refractivity contribution >= 4 is 0 Å². The normalized spacial score (nSPS) is 23.0. The second kappa shape index (κ2) is 3.35. The lowest BCUT2D eigenvalue weighted by Crippen LogP contribution is -2.59. The number of ether oxygens (including phenoxy) is 1. The molecule has 1 fully saturated rings. The van der Waals surface area contributed by atoms with Crippen LogP contribution in [-0.2, 0) is 4.74 Å². The Morgan fingerprint density at radius 3 is 2.00 bits per heavy atom. The van der Waals surface area contributed by atoms with Gasteiger partial charge in [0.2, 0.25) is 0 Å². The van der Waals surface area contributed by atoms with Crippen LogP contribution < -0.4 is 0 Å². The highest BCUT2D eigenvalue weighted by molar-refractivity contribution is 4.67. The second-order valence-electron chi connectivity index (χ2n) is 4.89. The molecule has 1 rings (SSSR count). The van der Waals surface area contributed by atoms with Gasteiger partial charge in [0, 0.05) is 20.0 Å². The average molecular weight is 172 g/mol. The first kappa shape index (κ1) is 10.0. The number of hydrogen-bond acceptors (Lipinski definition) is 1. The van der Waals surface area contributed by atoms with E-state index in [1.165, 1.54) is 25.9 Å². The van der Waals surface area contributed by atoms with Crippen LogP contribution in [0, 0.1) is 0 Å². The molecule has 2 nitrogen and oxygen atoms in total. The van der Waals surface area contributed by atoms with E-state index < -0.39 is 0 Å². The number of methoxy groups -OCH3 is 1. The summed E-state index contributed by atoms with van der Waals surface area (Å²) in [6, 6.07) is 0. The first-order valence-corrected chi connectivity index (χ1v) is 4.87. The third kappa shape index (κ3) is 1.64. The van der Waals surface area contributed by atoms with Crippen molar-refractivity contribution in [2.24, 2.45) is 0 Å². The number of nitrogens with zero attached hydrogens (tertiary/aromatic N) is 1.